The molecule has 0 saturated carbocycles. The van der Waals surface area contributed by atoms with Gasteiger partial charge in [-0.1, -0.05) is 61.0 Å². The van der Waals surface area contributed by atoms with Gasteiger partial charge in [0.05, 0.1) is 12.0 Å². The summed E-state index contributed by atoms with van der Waals surface area (Å²) in [7, 11) is 0. The molecule has 4 nitrogen and oxygen atoms in total. The van der Waals surface area contributed by atoms with Crippen LogP contribution in [0.3, 0.4) is 0 Å². The van der Waals surface area contributed by atoms with Gasteiger partial charge >= 0.3 is 0 Å². The van der Waals surface area contributed by atoms with Crippen LogP contribution < -0.4 is 5.32 Å². The normalized spacial score (nSPS) is 18.6. The first-order chi connectivity index (χ1) is 14.3. The lowest BCUT2D eigenvalue weighted by atomic mass is 9.73. The SMILES string of the molecule is Cc1ccc(C(C)C(=O)NCC(O)CN2CCC(C)(c3ccccc3C)CC2)cc1. The van der Waals surface area contributed by atoms with Gasteiger partial charge in [-0.15, -0.1) is 0 Å². The summed E-state index contributed by atoms with van der Waals surface area (Å²) in [6.07, 6.45) is 1.62. The molecule has 3 rings (SSSR count). The van der Waals surface area contributed by atoms with E-state index in [4.69, 9.17) is 0 Å². The highest BCUT2D eigenvalue weighted by Crippen LogP contribution is 2.36. The second kappa shape index (κ2) is 9.76. The first-order valence-corrected chi connectivity index (χ1v) is 11.1. The van der Waals surface area contributed by atoms with Crippen molar-refractivity contribution >= 4 is 5.91 Å². The van der Waals surface area contributed by atoms with E-state index in [-0.39, 0.29) is 17.2 Å². The molecule has 1 heterocycles. The third-order valence-corrected chi connectivity index (χ3v) is 6.71. The van der Waals surface area contributed by atoms with Gasteiger partial charge in [0, 0.05) is 13.1 Å². The van der Waals surface area contributed by atoms with Gasteiger partial charge in [-0.2, -0.15) is 0 Å². The van der Waals surface area contributed by atoms with E-state index in [1.807, 2.05) is 38.1 Å². The van der Waals surface area contributed by atoms with Crippen molar-refractivity contribution < 1.29 is 9.90 Å². The Hall–Kier alpha value is -2.17. The fourth-order valence-corrected chi connectivity index (χ4v) is 4.49. The molecule has 2 aromatic rings. The van der Waals surface area contributed by atoms with Crippen LogP contribution in [0.1, 0.15) is 54.9 Å². The molecule has 2 atom stereocenters. The zero-order valence-corrected chi connectivity index (χ0v) is 18.8. The van der Waals surface area contributed by atoms with Crippen LogP contribution in [-0.2, 0) is 10.2 Å². The van der Waals surface area contributed by atoms with E-state index in [2.05, 4.69) is 48.3 Å². The van der Waals surface area contributed by atoms with E-state index >= 15 is 0 Å². The minimum Gasteiger partial charge on any atom is -0.390 e. The highest BCUT2D eigenvalue weighted by Gasteiger charge is 2.33. The highest BCUT2D eigenvalue weighted by atomic mass is 16.3. The number of piperidine rings is 1. The molecule has 2 unspecified atom stereocenters. The van der Waals surface area contributed by atoms with Gasteiger partial charge in [-0.3, -0.25) is 4.79 Å². The monoisotopic (exact) mass is 408 g/mol. The number of hydrogen-bond acceptors (Lipinski definition) is 3. The molecule has 30 heavy (non-hydrogen) atoms. The van der Waals surface area contributed by atoms with Gasteiger partial charge in [0.25, 0.3) is 0 Å². The highest BCUT2D eigenvalue weighted by molar-refractivity contribution is 5.83. The Kier molecular flexibility index (Phi) is 7.32. The Balaban J connectivity index is 1.45. The largest absolute Gasteiger partial charge is 0.390 e. The molecule has 1 amide bonds. The standard InChI is InChI=1S/C26H36N2O2/c1-19-9-11-22(12-10-19)21(3)25(30)27-17-23(29)18-28-15-13-26(4,14-16-28)24-8-6-5-7-20(24)2/h5-12,21,23,29H,13-18H2,1-4H3,(H,27,30). The maximum absolute atomic E-state index is 12.5. The van der Waals surface area contributed by atoms with Crippen LogP contribution in [0.5, 0.6) is 0 Å². The molecular weight excluding hydrogens is 372 g/mol. The number of β-amino-alcohol motifs (C(OH)–C–C–N with tert-alkyl or cyclic N) is 1. The Morgan fingerprint density at radius 3 is 2.37 bits per heavy atom. The van der Waals surface area contributed by atoms with Crippen LogP contribution in [-0.4, -0.2) is 48.2 Å². The molecule has 1 fully saturated rings. The van der Waals surface area contributed by atoms with Crippen molar-refractivity contribution in [2.75, 3.05) is 26.2 Å². The lowest BCUT2D eigenvalue weighted by Crippen LogP contribution is -2.46. The van der Waals surface area contributed by atoms with Crippen molar-refractivity contribution in [2.24, 2.45) is 0 Å². The summed E-state index contributed by atoms with van der Waals surface area (Å²) in [5.74, 6) is -0.258. The number of nitrogens with zero attached hydrogens (tertiary/aromatic N) is 1. The number of nitrogens with one attached hydrogen (secondary N) is 1. The molecule has 162 valence electrons. The van der Waals surface area contributed by atoms with Gasteiger partial charge in [-0.05, 0) is 68.8 Å². The summed E-state index contributed by atoms with van der Waals surface area (Å²) in [5.41, 5.74) is 5.19. The van der Waals surface area contributed by atoms with Crippen molar-refractivity contribution in [3.05, 3.63) is 70.8 Å². The average Bonchev–Trinajstić information content (AvgIpc) is 2.74. The fraction of sp³-hybridized carbons (Fsp3) is 0.500. The molecule has 4 heteroatoms. The molecule has 0 bridgehead atoms. The number of carbonyl (C=O) groups is 1. The maximum atomic E-state index is 12.5. The van der Waals surface area contributed by atoms with Crippen molar-refractivity contribution in [1.29, 1.82) is 0 Å². The molecule has 0 aromatic heterocycles. The predicted octanol–water partition coefficient (Wildman–Crippen LogP) is 3.94. The van der Waals surface area contributed by atoms with E-state index in [0.717, 1.165) is 31.5 Å². The van der Waals surface area contributed by atoms with Crippen LogP contribution in [0.15, 0.2) is 48.5 Å². The Morgan fingerprint density at radius 2 is 1.73 bits per heavy atom. The summed E-state index contributed by atoms with van der Waals surface area (Å²) in [5, 5.41) is 13.4. The summed E-state index contributed by atoms with van der Waals surface area (Å²) >= 11 is 0. The summed E-state index contributed by atoms with van der Waals surface area (Å²) in [6.45, 7) is 11.3. The van der Waals surface area contributed by atoms with Crippen molar-refractivity contribution in [2.45, 2.75) is 58.0 Å². The Bertz CT molecular complexity index is 838. The lowest BCUT2D eigenvalue weighted by Gasteiger charge is -2.41. The minimum absolute atomic E-state index is 0.0383. The number of carbonyl (C=O) groups excluding carboxylic acids is 1. The fourth-order valence-electron chi connectivity index (χ4n) is 4.49. The van der Waals surface area contributed by atoms with E-state index in [1.165, 1.54) is 16.7 Å². The topological polar surface area (TPSA) is 52.6 Å². The second-order valence-corrected chi connectivity index (χ2v) is 9.21. The van der Waals surface area contributed by atoms with Gasteiger partial charge in [0.2, 0.25) is 5.91 Å². The Labute approximate surface area is 181 Å². The zero-order valence-electron chi connectivity index (χ0n) is 18.8. The van der Waals surface area contributed by atoms with Gasteiger partial charge in [0.1, 0.15) is 0 Å². The average molecular weight is 409 g/mol. The number of likely N-dealkylation sites (tertiary alicyclic amines) is 1. The zero-order chi connectivity index (χ0) is 21.7. The number of rotatable bonds is 7. The van der Waals surface area contributed by atoms with Crippen molar-refractivity contribution in [1.82, 2.24) is 10.2 Å². The molecule has 2 aromatic carbocycles. The first kappa shape index (κ1) is 22.5. The Morgan fingerprint density at radius 1 is 1.10 bits per heavy atom. The third-order valence-electron chi connectivity index (χ3n) is 6.71. The van der Waals surface area contributed by atoms with E-state index < -0.39 is 6.10 Å². The number of benzene rings is 2. The summed E-state index contributed by atoms with van der Waals surface area (Å²) < 4.78 is 0. The second-order valence-electron chi connectivity index (χ2n) is 9.21. The van der Waals surface area contributed by atoms with Gasteiger partial charge < -0.3 is 15.3 Å². The lowest BCUT2D eigenvalue weighted by molar-refractivity contribution is -0.122. The number of aliphatic hydroxyl groups is 1. The molecule has 0 spiro atoms. The van der Waals surface area contributed by atoms with E-state index in [0.29, 0.717) is 13.1 Å². The molecule has 0 aliphatic carbocycles. The predicted molar refractivity (Wildman–Crippen MR) is 123 cm³/mol. The number of aliphatic hydroxyl groups excluding tert-OH is 1. The van der Waals surface area contributed by atoms with Crippen LogP contribution in [0.2, 0.25) is 0 Å². The van der Waals surface area contributed by atoms with Crippen molar-refractivity contribution in [3.63, 3.8) is 0 Å². The minimum atomic E-state index is -0.554. The summed E-state index contributed by atoms with van der Waals surface area (Å²) in [4.78, 5) is 14.8. The molecule has 1 saturated heterocycles. The van der Waals surface area contributed by atoms with Crippen LogP contribution in [0.25, 0.3) is 0 Å². The first-order valence-electron chi connectivity index (χ1n) is 11.1. The van der Waals surface area contributed by atoms with Gasteiger partial charge in [-0.25, -0.2) is 0 Å². The quantitative estimate of drug-likeness (QED) is 0.730. The number of amides is 1. The molecule has 2 N–H and O–H groups in total. The molecule has 0 radical (unpaired) electrons. The number of aryl methyl sites for hydroxylation is 2. The maximum Gasteiger partial charge on any atom is 0.227 e. The molecule has 1 aliphatic rings. The van der Waals surface area contributed by atoms with E-state index in [9.17, 15) is 9.90 Å². The van der Waals surface area contributed by atoms with Gasteiger partial charge in [0.15, 0.2) is 0 Å². The van der Waals surface area contributed by atoms with E-state index in [1.54, 1.807) is 0 Å². The van der Waals surface area contributed by atoms with Crippen LogP contribution in [0.4, 0.5) is 0 Å². The van der Waals surface area contributed by atoms with Crippen molar-refractivity contribution in [3.8, 4) is 0 Å². The van der Waals surface area contributed by atoms with Crippen LogP contribution in [0, 0.1) is 13.8 Å². The molecule has 1 aliphatic heterocycles. The third kappa shape index (κ3) is 5.50. The molecular formula is C26H36N2O2. The number of hydrogen-bond donors (Lipinski definition) is 2. The van der Waals surface area contributed by atoms with Crippen LogP contribution >= 0.6 is 0 Å². The smallest absolute Gasteiger partial charge is 0.227 e. The summed E-state index contributed by atoms with van der Waals surface area (Å²) in [6, 6.07) is 16.7.